The minimum absolute atomic E-state index is 0.0845. The van der Waals surface area contributed by atoms with E-state index in [4.69, 9.17) is 23.1 Å². The maximum Gasteiger partial charge on any atom is 0.371 e. The van der Waals surface area contributed by atoms with Crippen LogP contribution in [0.4, 0.5) is 0 Å². The van der Waals surface area contributed by atoms with E-state index in [2.05, 4.69) is 93.5 Å². The Morgan fingerprint density at radius 1 is 0.818 bits per heavy atom. The topological polar surface area (TPSA) is 86.0 Å². The van der Waals surface area contributed by atoms with Crippen molar-refractivity contribution in [2.24, 2.45) is 0 Å². The Labute approximate surface area is 235 Å². The molecular formula is C22H25Br5O6. The van der Waals surface area contributed by atoms with Gasteiger partial charge in [-0.25, -0.2) is 4.79 Å². The molecular weight excluding hydrogens is 760 g/mol. The molecule has 1 saturated heterocycles. The highest BCUT2D eigenvalue weighted by atomic mass is 79.9. The molecule has 0 bridgehead atoms. The van der Waals surface area contributed by atoms with E-state index in [0.29, 0.717) is 9.14 Å². The van der Waals surface area contributed by atoms with E-state index in [1.807, 2.05) is 19.1 Å². The Balaban J connectivity index is 0.000000225. The number of hydrogen-bond acceptors (Lipinski definition) is 5. The Kier molecular flexibility index (Phi) is 15.2. The minimum atomic E-state index is -1.08. The van der Waals surface area contributed by atoms with Crippen molar-refractivity contribution in [3.8, 4) is 0 Å². The van der Waals surface area contributed by atoms with Crippen LogP contribution >= 0.6 is 79.6 Å². The average Bonchev–Trinajstić information content (AvgIpc) is 3.57. The fourth-order valence-corrected chi connectivity index (χ4v) is 3.79. The first-order valence-corrected chi connectivity index (χ1v) is 14.0. The van der Waals surface area contributed by atoms with Crippen LogP contribution in [0.15, 0.2) is 54.2 Å². The lowest BCUT2D eigenvalue weighted by atomic mass is 10.4. The molecule has 33 heavy (non-hydrogen) atoms. The quantitative estimate of drug-likeness (QED) is 0.285. The first-order chi connectivity index (χ1) is 15.6. The highest BCUT2D eigenvalue weighted by molar-refractivity contribution is 9.13. The predicted molar refractivity (Wildman–Crippen MR) is 145 cm³/mol. The second-order valence-corrected chi connectivity index (χ2v) is 10.5. The van der Waals surface area contributed by atoms with Gasteiger partial charge in [0.25, 0.3) is 0 Å². The van der Waals surface area contributed by atoms with Gasteiger partial charge < -0.3 is 23.1 Å². The Hall–Kier alpha value is -0.330. The van der Waals surface area contributed by atoms with Crippen molar-refractivity contribution >= 4 is 85.6 Å². The number of carbonyl (C=O) groups is 1. The first-order valence-electron chi connectivity index (χ1n) is 10.0. The molecule has 4 heterocycles. The number of carboxylic acid groups (broad SMARTS) is 1. The van der Waals surface area contributed by atoms with Gasteiger partial charge >= 0.3 is 5.97 Å². The van der Waals surface area contributed by atoms with Gasteiger partial charge in [0.1, 0.15) is 17.3 Å². The summed E-state index contributed by atoms with van der Waals surface area (Å²) < 4.78 is 24.1. The van der Waals surface area contributed by atoms with Gasteiger partial charge in [0, 0.05) is 32.1 Å². The summed E-state index contributed by atoms with van der Waals surface area (Å²) in [7, 11) is 0. The van der Waals surface area contributed by atoms with Crippen LogP contribution in [-0.2, 0) is 17.6 Å². The van der Waals surface area contributed by atoms with E-state index in [1.165, 1.54) is 18.9 Å². The van der Waals surface area contributed by atoms with E-state index < -0.39 is 5.97 Å². The summed E-state index contributed by atoms with van der Waals surface area (Å²) in [6.45, 7) is 8.08. The molecule has 1 aliphatic heterocycles. The van der Waals surface area contributed by atoms with E-state index in [9.17, 15) is 4.79 Å². The standard InChI is InChI=1S/C7H9BrO.C6H6Br2O.C5H2Br2O3.C4H8O/c1-3-6-4-7(8)5(2)9-6;1-2-4-3-5(7)6(8)9-4;6-2-1-3(5(8)9)10-4(2)7;1-2-4-5-3-1/h4H,3H2,1-2H3;3H,2H2,1H3;1H,(H,8,9);1-4H2. The number of halogens is 5. The lowest BCUT2D eigenvalue weighted by Gasteiger charge is -1.83. The van der Waals surface area contributed by atoms with Crippen molar-refractivity contribution in [3.05, 3.63) is 64.0 Å². The van der Waals surface area contributed by atoms with Crippen LogP contribution in [0.25, 0.3) is 0 Å². The molecule has 184 valence electrons. The van der Waals surface area contributed by atoms with Gasteiger partial charge in [0.05, 0.1) is 13.4 Å². The Morgan fingerprint density at radius 3 is 1.52 bits per heavy atom. The van der Waals surface area contributed by atoms with Crippen molar-refractivity contribution in [3.63, 3.8) is 0 Å². The molecule has 0 aromatic carbocycles. The summed E-state index contributed by atoms with van der Waals surface area (Å²) in [6.07, 6.45) is 4.46. The second kappa shape index (κ2) is 16.4. The largest absolute Gasteiger partial charge is 0.475 e. The lowest BCUT2D eigenvalue weighted by Crippen LogP contribution is -1.91. The summed E-state index contributed by atoms with van der Waals surface area (Å²) >= 11 is 16.0. The molecule has 1 fully saturated rings. The molecule has 0 atom stereocenters. The highest BCUT2D eigenvalue weighted by Crippen LogP contribution is 2.27. The zero-order valence-corrected chi connectivity index (χ0v) is 26.3. The average molecular weight is 785 g/mol. The molecule has 11 heteroatoms. The number of rotatable bonds is 3. The molecule has 3 aromatic rings. The molecule has 0 aliphatic carbocycles. The summed E-state index contributed by atoms with van der Waals surface area (Å²) in [5.41, 5.74) is 0. The fourth-order valence-electron chi connectivity index (χ4n) is 2.22. The van der Waals surface area contributed by atoms with Crippen LogP contribution in [0.1, 0.15) is 54.5 Å². The van der Waals surface area contributed by atoms with E-state index >= 15 is 0 Å². The van der Waals surface area contributed by atoms with E-state index in [0.717, 1.165) is 57.0 Å². The molecule has 0 spiro atoms. The second-order valence-electron chi connectivity index (χ2n) is 6.52. The van der Waals surface area contributed by atoms with Crippen molar-refractivity contribution in [1.29, 1.82) is 0 Å². The van der Waals surface area contributed by atoms with Crippen molar-refractivity contribution in [2.75, 3.05) is 13.2 Å². The third-order valence-electron chi connectivity index (χ3n) is 3.98. The maximum atomic E-state index is 10.2. The Bertz CT molecular complexity index is 875. The van der Waals surface area contributed by atoms with Crippen LogP contribution in [0.5, 0.6) is 0 Å². The van der Waals surface area contributed by atoms with Crippen LogP contribution in [-0.4, -0.2) is 24.3 Å². The molecule has 1 aliphatic rings. The Morgan fingerprint density at radius 2 is 1.30 bits per heavy atom. The summed E-state index contributed by atoms with van der Waals surface area (Å²) in [5.74, 6) is 1.84. The fraction of sp³-hybridized carbons (Fsp3) is 0.409. The minimum Gasteiger partial charge on any atom is -0.475 e. The first kappa shape index (κ1) is 30.7. The van der Waals surface area contributed by atoms with Gasteiger partial charge in [-0.3, -0.25) is 0 Å². The lowest BCUT2D eigenvalue weighted by molar-refractivity contribution is 0.0661. The van der Waals surface area contributed by atoms with Gasteiger partial charge in [-0.1, -0.05) is 13.8 Å². The van der Waals surface area contributed by atoms with Crippen LogP contribution in [0.3, 0.4) is 0 Å². The van der Waals surface area contributed by atoms with Gasteiger partial charge in [-0.2, -0.15) is 0 Å². The summed E-state index contributed by atoms with van der Waals surface area (Å²) in [6, 6.07) is 5.35. The van der Waals surface area contributed by atoms with Crippen molar-refractivity contribution in [2.45, 2.75) is 46.5 Å². The number of carboxylic acids is 1. The van der Waals surface area contributed by atoms with E-state index in [1.54, 1.807) is 0 Å². The normalized spacial score (nSPS) is 12.1. The van der Waals surface area contributed by atoms with Gasteiger partial charge in [0.15, 0.2) is 9.34 Å². The maximum absolute atomic E-state index is 10.2. The highest BCUT2D eigenvalue weighted by Gasteiger charge is 2.11. The zero-order valence-electron chi connectivity index (χ0n) is 18.4. The third kappa shape index (κ3) is 11.8. The third-order valence-corrected chi connectivity index (χ3v) is 8.19. The van der Waals surface area contributed by atoms with Crippen molar-refractivity contribution < 1.29 is 27.9 Å². The van der Waals surface area contributed by atoms with Crippen LogP contribution in [0, 0.1) is 6.92 Å². The number of furan rings is 3. The van der Waals surface area contributed by atoms with E-state index in [-0.39, 0.29) is 5.76 Å². The molecule has 4 rings (SSSR count). The number of hydrogen-bond donors (Lipinski definition) is 1. The zero-order chi connectivity index (χ0) is 25.0. The van der Waals surface area contributed by atoms with Crippen LogP contribution in [0.2, 0.25) is 0 Å². The molecule has 3 aromatic heterocycles. The molecule has 0 saturated carbocycles. The SMILES string of the molecule is C1CCOC1.CCc1cc(Br)c(Br)o1.CCc1cc(Br)c(C)o1.O=C(O)c1cc(Br)c(Br)o1. The summed E-state index contributed by atoms with van der Waals surface area (Å²) in [5, 5.41) is 8.39. The van der Waals surface area contributed by atoms with Gasteiger partial charge in [0.2, 0.25) is 5.76 Å². The smallest absolute Gasteiger partial charge is 0.371 e. The predicted octanol–water partition coefficient (Wildman–Crippen LogP) is 9.58. The summed E-state index contributed by atoms with van der Waals surface area (Å²) in [4.78, 5) is 10.2. The van der Waals surface area contributed by atoms with Gasteiger partial charge in [-0.15, -0.1) is 0 Å². The number of aryl methyl sites for hydroxylation is 3. The molecule has 0 unspecified atom stereocenters. The number of aromatic carboxylic acids is 1. The molecule has 1 N–H and O–H groups in total. The monoisotopic (exact) mass is 780 g/mol. The van der Waals surface area contributed by atoms with Crippen LogP contribution < -0.4 is 0 Å². The van der Waals surface area contributed by atoms with Gasteiger partial charge in [-0.05, 0) is 112 Å². The molecule has 6 nitrogen and oxygen atoms in total. The molecule has 0 radical (unpaired) electrons. The van der Waals surface area contributed by atoms with Crippen molar-refractivity contribution in [1.82, 2.24) is 0 Å². The molecule has 0 amide bonds. The number of ether oxygens (including phenoxy) is 1.